The summed E-state index contributed by atoms with van der Waals surface area (Å²) >= 11 is 0. The van der Waals surface area contributed by atoms with E-state index in [9.17, 15) is 0 Å². The summed E-state index contributed by atoms with van der Waals surface area (Å²) in [6, 6.07) is 21.4. The second-order valence-electron chi connectivity index (χ2n) is 8.30. The van der Waals surface area contributed by atoms with Gasteiger partial charge in [-0.05, 0) is 50.8 Å². The van der Waals surface area contributed by atoms with Gasteiger partial charge in [-0.2, -0.15) is 0 Å². The summed E-state index contributed by atoms with van der Waals surface area (Å²) in [6.07, 6.45) is 2.03. The summed E-state index contributed by atoms with van der Waals surface area (Å²) in [4.78, 5) is 7.36. The fourth-order valence-electron chi connectivity index (χ4n) is 4.74. The third-order valence-electron chi connectivity index (χ3n) is 6.10. The zero-order valence-electron chi connectivity index (χ0n) is 16.2. The molecule has 3 aromatic rings. The molecule has 0 bridgehead atoms. The van der Waals surface area contributed by atoms with E-state index < -0.39 is 5.72 Å². The van der Waals surface area contributed by atoms with E-state index in [0.29, 0.717) is 0 Å². The second kappa shape index (κ2) is 5.35. The van der Waals surface area contributed by atoms with Crippen molar-refractivity contribution in [2.75, 3.05) is 4.90 Å². The van der Waals surface area contributed by atoms with Gasteiger partial charge in [-0.1, -0.05) is 48.5 Å². The van der Waals surface area contributed by atoms with Crippen LogP contribution >= 0.6 is 0 Å². The lowest BCUT2D eigenvalue weighted by Gasteiger charge is -2.48. The zero-order valence-corrected chi connectivity index (χ0v) is 16.2. The minimum Gasteiger partial charge on any atom is -0.459 e. The Balaban J connectivity index is 1.74. The second-order valence-corrected chi connectivity index (χ2v) is 8.30. The van der Waals surface area contributed by atoms with Gasteiger partial charge in [0.1, 0.15) is 11.4 Å². The minimum absolute atomic E-state index is 0.235. The molecule has 3 heteroatoms. The van der Waals surface area contributed by atoms with E-state index in [1.165, 1.54) is 16.6 Å². The summed E-state index contributed by atoms with van der Waals surface area (Å²) in [5.41, 5.74) is 2.58. The Morgan fingerprint density at radius 1 is 0.926 bits per heavy atom. The van der Waals surface area contributed by atoms with E-state index in [0.717, 1.165) is 16.8 Å². The lowest BCUT2D eigenvalue weighted by Crippen LogP contribution is -2.64. The Morgan fingerprint density at radius 2 is 1.67 bits per heavy atom. The zero-order chi connectivity index (χ0) is 18.8. The van der Waals surface area contributed by atoms with Crippen molar-refractivity contribution in [3.8, 4) is 5.75 Å². The molecule has 0 aliphatic carbocycles. The van der Waals surface area contributed by atoms with Crippen LogP contribution in [0.4, 0.5) is 11.4 Å². The van der Waals surface area contributed by atoms with Gasteiger partial charge in [-0.3, -0.25) is 4.99 Å². The van der Waals surface area contributed by atoms with E-state index in [1.54, 1.807) is 0 Å². The van der Waals surface area contributed by atoms with Crippen molar-refractivity contribution in [3.63, 3.8) is 0 Å². The molecule has 1 spiro atoms. The maximum atomic E-state index is 6.84. The van der Waals surface area contributed by atoms with Crippen molar-refractivity contribution in [3.05, 3.63) is 66.2 Å². The molecule has 2 aliphatic heterocycles. The number of nitrogens with zero attached hydrogens (tertiary/aromatic N) is 2. The first-order chi connectivity index (χ1) is 13.0. The van der Waals surface area contributed by atoms with Crippen molar-refractivity contribution in [1.29, 1.82) is 0 Å². The number of fused-ring (bicyclic) bond motifs is 4. The maximum absolute atomic E-state index is 6.84. The fourth-order valence-corrected chi connectivity index (χ4v) is 4.74. The van der Waals surface area contributed by atoms with Gasteiger partial charge in [0.25, 0.3) is 0 Å². The Labute approximate surface area is 160 Å². The highest BCUT2D eigenvalue weighted by atomic mass is 16.5. The smallest absolute Gasteiger partial charge is 0.229 e. The molecule has 2 heterocycles. The Morgan fingerprint density at radius 3 is 2.48 bits per heavy atom. The monoisotopic (exact) mass is 356 g/mol. The van der Waals surface area contributed by atoms with Crippen LogP contribution in [-0.2, 0) is 5.41 Å². The van der Waals surface area contributed by atoms with E-state index in [4.69, 9.17) is 9.73 Å². The molecule has 0 fully saturated rings. The predicted molar refractivity (Wildman–Crippen MR) is 113 cm³/mol. The Kier molecular flexibility index (Phi) is 3.24. The molecule has 0 N–H and O–H groups in total. The molecule has 5 rings (SSSR count). The lowest BCUT2D eigenvalue weighted by molar-refractivity contribution is 0.0725. The van der Waals surface area contributed by atoms with Gasteiger partial charge in [0, 0.05) is 17.1 Å². The van der Waals surface area contributed by atoms with Crippen molar-refractivity contribution >= 4 is 28.4 Å². The minimum atomic E-state index is -0.639. The van der Waals surface area contributed by atoms with Crippen LogP contribution in [0.2, 0.25) is 0 Å². The number of benzene rings is 3. The van der Waals surface area contributed by atoms with Crippen molar-refractivity contribution in [2.24, 2.45) is 4.99 Å². The highest BCUT2D eigenvalue weighted by Gasteiger charge is 2.60. The van der Waals surface area contributed by atoms with Crippen molar-refractivity contribution < 1.29 is 4.74 Å². The predicted octanol–water partition coefficient (Wildman–Crippen LogP) is 5.84. The first kappa shape index (κ1) is 16.4. The molecule has 3 nitrogen and oxygen atoms in total. The number of para-hydroxylation sites is 1. The Bertz CT molecular complexity index is 1080. The topological polar surface area (TPSA) is 24.8 Å². The third kappa shape index (κ3) is 2.00. The molecule has 2 aliphatic rings. The van der Waals surface area contributed by atoms with Crippen LogP contribution in [-0.4, -0.2) is 18.0 Å². The van der Waals surface area contributed by atoms with Crippen LogP contribution in [0, 0.1) is 0 Å². The van der Waals surface area contributed by atoms with E-state index in [1.807, 2.05) is 6.21 Å². The molecule has 27 heavy (non-hydrogen) atoms. The highest BCUT2D eigenvalue weighted by molar-refractivity contribution is 5.99. The van der Waals surface area contributed by atoms with Gasteiger partial charge in [-0.25, -0.2) is 0 Å². The van der Waals surface area contributed by atoms with Crippen LogP contribution in [0.15, 0.2) is 65.7 Å². The quantitative estimate of drug-likeness (QED) is 0.547. The van der Waals surface area contributed by atoms with Gasteiger partial charge in [0.15, 0.2) is 0 Å². The number of hydrogen-bond donors (Lipinski definition) is 0. The SMILES string of the molecule is CC(C)N1c2ccccc2C(C)(C)[C@@]12C=Nc1c(ccc3ccccc13)O2. The molecule has 0 amide bonds. The molecule has 136 valence electrons. The molecule has 1 atom stereocenters. The third-order valence-corrected chi connectivity index (χ3v) is 6.10. The van der Waals surface area contributed by atoms with Gasteiger partial charge >= 0.3 is 0 Å². The number of rotatable bonds is 1. The normalized spacial score (nSPS) is 22.2. The summed E-state index contributed by atoms with van der Waals surface area (Å²) in [6.45, 7) is 8.94. The number of ether oxygens (including phenoxy) is 1. The van der Waals surface area contributed by atoms with E-state index in [2.05, 4.69) is 93.3 Å². The van der Waals surface area contributed by atoms with Gasteiger partial charge in [-0.15, -0.1) is 0 Å². The van der Waals surface area contributed by atoms with Crippen LogP contribution in [0.25, 0.3) is 10.8 Å². The number of aliphatic imine (C=N–C) groups is 1. The fraction of sp³-hybridized carbons (Fsp3) is 0.292. The van der Waals surface area contributed by atoms with E-state index >= 15 is 0 Å². The van der Waals surface area contributed by atoms with Crippen LogP contribution in [0.5, 0.6) is 5.75 Å². The van der Waals surface area contributed by atoms with Gasteiger partial charge in [0.2, 0.25) is 5.72 Å². The van der Waals surface area contributed by atoms with Crippen molar-refractivity contribution in [2.45, 2.75) is 44.9 Å². The summed E-state index contributed by atoms with van der Waals surface area (Å²) in [5.74, 6) is 0.850. The van der Waals surface area contributed by atoms with Crippen LogP contribution < -0.4 is 9.64 Å². The molecule has 3 aromatic carbocycles. The first-order valence-electron chi connectivity index (χ1n) is 9.60. The molecular formula is C24H24N2O. The lowest BCUT2D eigenvalue weighted by atomic mass is 9.77. The first-order valence-corrected chi connectivity index (χ1v) is 9.60. The van der Waals surface area contributed by atoms with Crippen molar-refractivity contribution in [1.82, 2.24) is 0 Å². The number of anilines is 1. The average molecular weight is 356 g/mol. The molecule has 0 saturated carbocycles. The average Bonchev–Trinajstić information content (AvgIpc) is 2.85. The molecule has 0 saturated heterocycles. The molecular weight excluding hydrogens is 332 g/mol. The largest absolute Gasteiger partial charge is 0.459 e. The van der Waals surface area contributed by atoms with Crippen LogP contribution in [0.1, 0.15) is 33.3 Å². The number of hydrogen-bond acceptors (Lipinski definition) is 3. The standard InChI is InChI=1S/C24H24N2O/c1-16(2)26-20-12-8-7-11-19(20)23(3,4)24(26)15-25-22-18-10-6-5-9-17(18)13-14-21(22)27-24/h5-16H,1-4H3/t24-/m0/s1. The van der Waals surface area contributed by atoms with Gasteiger partial charge in [0.05, 0.1) is 11.6 Å². The van der Waals surface area contributed by atoms with Crippen LogP contribution in [0.3, 0.4) is 0 Å². The van der Waals surface area contributed by atoms with Gasteiger partial charge < -0.3 is 9.64 Å². The summed E-state index contributed by atoms with van der Waals surface area (Å²) < 4.78 is 6.84. The highest BCUT2D eigenvalue weighted by Crippen LogP contribution is 2.55. The van der Waals surface area contributed by atoms with E-state index in [-0.39, 0.29) is 11.5 Å². The molecule has 0 unspecified atom stereocenters. The maximum Gasteiger partial charge on any atom is 0.229 e. The molecule has 0 radical (unpaired) electrons. The summed E-state index contributed by atoms with van der Waals surface area (Å²) in [7, 11) is 0. The summed E-state index contributed by atoms with van der Waals surface area (Å²) in [5, 5.41) is 2.31. The Hall–Kier alpha value is -2.81. The molecule has 0 aromatic heterocycles.